The number of ketones is 2. The molecule has 0 bridgehead atoms. The van der Waals surface area contributed by atoms with Gasteiger partial charge in [0.25, 0.3) is 0 Å². The van der Waals surface area contributed by atoms with E-state index in [9.17, 15) is 14.7 Å². The normalized spacial score (nSPS) is 10.9. The Morgan fingerprint density at radius 1 is 0.970 bits per heavy atom. The monoisotopic (exact) mass is 461 g/mol. The van der Waals surface area contributed by atoms with Crippen LogP contribution >= 0.6 is 11.3 Å². The first-order valence-corrected chi connectivity index (χ1v) is 11.3. The molecule has 6 nitrogen and oxygen atoms in total. The van der Waals surface area contributed by atoms with Gasteiger partial charge in [0.15, 0.2) is 23.1 Å². The average molecular weight is 462 g/mol. The first-order valence-electron chi connectivity index (χ1n) is 10.4. The summed E-state index contributed by atoms with van der Waals surface area (Å²) in [6.45, 7) is 2.05. The highest BCUT2D eigenvalue weighted by Crippen LogP contribution is 2.36. The Hall–Kier alpha value is -3.71. The van der Waals surface area contributed by atoms with Crippen molar-refractivity contribution in [1.82, 2.24) is 4.98 Å². The van der Waals surface area contributed by atoms with Gasteiger partial charge in [0.05, 0.1) is 19.9 Å². The van der Waals surface area contributed by atoms with Gasteiger partial charge in [0.1, 0.15) is 11.4 Å². The Balaban J connectivity index is 1.54. The van der Waals surface area contributed by atoms with Crippen LogP contribution in [-0.2, 0) is 0 Å². The van der Waals surface area contributed by atoms with Gasteiger partial charge in [0, 0.05) is 39.4 Å². The molecule has 0 aliphatic rings. The molecule has 0 saturated heterocycles. The minimum atomic E-state index is -0.390. The third kappa shape index (κ3) is 4.45. The molecule has 0 unspecified atom stereocenters. The molecule has 0 aliphatic carbocycles. The number of fused-ring (bicyclic) bond motifs is 1. The topological polar surface area (TPSA) is 85.7 Å². The number of benzene rings is 2. The molecular formula is C26H23NO5S. The van der Waals surface area contributed by atoms with E-state index < -0.39 is 0 Å². The summed E-state index contributed by atoms with van der Waals surface area (Å²) < 4.78 is 11.6. The van der Waals surface area contributed by atoms with E-state index in [1.54, 1.807) is 35.6 Å². The lowest BCUT2D eigenvalue weighted by Gasteiger charge is -2.09. The van der Waals surface area contributed by atoms with Crippen molar-refractivity contribution in [3.8, 4) is 28.5 Å². The van der Waals surface area contributed by atoms with Crippen molar-refractivity contribution in [2.45, 2.75) is 19.8 Å². The smallest absolute Gasteiger partial charge is 0.185 e. The maximum atomic E-state index is 12.8. The van der Waals surface area contributed by atoms with Crippen LogP contribution in [0.1, 0.15) is 39.3 Å². The number of Topliss-reactive ketones (excluding diaryl/α,β-unsaturated/α-hetero) is 2. The summed E-state index contributed by atoms with van der Waals surface area (Å²) in [5.41, 5.74) is 3.09. The SMILES string of the molecule is COc1ccc(C(=O)CCC(=O)c2nc(-c3csc4c(C)cccc34)ccc2O)cc1OC. The maximum Gasteiger partial charge on any atom is 0.185 e. The van der Waals surface area contributed by atoms with E-state index >= 15 is 0 Å². The van der Waals surface area contributed by atoms with Crippen molar-refractivity contribution in [1.29, 1.82) is 0 Å². The molecular weight excluding hydrogens is 438 g/mol. The van der Waals surface area contributed by atoms with Gasteiger partial charge >= 0.3 is 0 Å². The number of nitrogens with zero attached hydrogens (tertiary/aromatic N) is 1. The molecule has 7 heteroatoms. The fraction of sp³-hybridized carbons (Fsp3) is 0.192. The van der Waals surface area contributed by atoms with Crippen LogP contribution in [0.4, 0.5) is 0 Å². The van der Waals surface area contributed by atoms with Crippen LogP contribution in [0.2, 0.25) is 0 Å². The molecule has 0 amide bonds. The molecule has 2 aromatic carbocycles. The summed E-state index contributed by atoms with van der Waals surface area (Å²) in [7, 11) is 3.01. The molecule has 0 saturated carbocycles. The number of methoxy groups -OCH3 is 2. The van der Waals surface area contributed by atoms with Crippen molar-refractivity contribution in [3.05, 3.63) is 70.7 Å². The third-order valence-electron chi connectivity index (χ3n) is 5.50. The molecule has 2 aromatic heterocycles. The average Bonchev–Trinajstić information content (AvgIpc) is 3.27. The number of hydrogen-bond acceptors (Lipinski definition) is 7. The highest BCUT2D eigenvalue weighted by atomic mass is 32.1. The summed E-state index contributed by atoms with van der Waals surface area (Å²) >= 11 is 1.62. The molecule has 0 fully saturated rings. The van der Waals surface area contributed by atoms with E-state index in [1.165, 1.54) is 25.8 Å². The summed E-state index contributed by atoms with van der Waals surface area (Å²) in [6.07, 6.45) is -0.0824. The van der Waals surface area contributed by atoms with Gasteiger partial charge in [-0.1, -0.05) is 18.2 Å². The van der Waals surface area contributed by atoms with Crippen LogP contribution in [0.5, 0.6) is 17.2 Å². The summed E-state index contributed by atoms with van der Waals surface area (Å²) in [4.78, 5) is 29.9. The fourth-order valence-electron chi connectivity index (χ4n) is 3.71. The van der Waals surface area contributed by atoms with Crippen molar-refractivity contribution in [2.24, 2.45) is 0 Å². The van der Waals surface area contributed by atoms with Gasteiger partial charge in [-0.05, 0) is 42.8 Å². The van der Waals surface area contributed by atoms with E-state index in [-0.39, 0.29) is 35.9 Å². The molecule has 4 rings (SSSR count). The van der Waals surface area contributed by atoms with Crippen LogP contribution in [0, 0.1) is 6.92 Å². The lowest BCUT2D eigenvalue weighted by Crippen LogP contribution is -2.08. The van der Waals surface area contributed by atoms with E-state index in [2.05, 4.69) is 18.0 Å². The second kappa shape index (κ2) is 9.42. The first-order chi connectivity index (χ1) is 15.9. The molecule has 1 N–H and O–H groups in total. The quantitative estimate of drug-likeness (QED) is 0.332. The number of aryl methyl sites for hydroxylation is 1. The Morgan fingerprint density at radius 2 is 1.73 bits per heavy atom. The van der Waals surface area contributed by atoms with E-state index in [0.717, 1.165) is 15.6 Å². The number of aromatic hydroxyl groups is 1. The number of carbonyl (C=O) groups is 2. The Bertz CT molecular complexity index is 1360. The zero-order valence-corrected chi connectivity index (χ0v) is 19.4. The fourth-order valence-corrected chi connectivity index (χ4v) is 4.75. The molecule has 0 atom stereocenters. The van der Waals surface area contributed by atoms with Gasteiger partial charge in [-0.15, -0.1) is 11.3 Å². The van der Waals surface area contributed by atoms with Crippen molar-refractivity contribution >= 4 is 33.0 Å². The molecule has 0 radical (unpaired) electrons. The number of hydrogen-bond donors (Lipinski definition) is 1. The molecule has 168 valence electrons. The number of carbonyl (C=O) groups excluding carboxylic acids is 2. The van der Waals surface area contributed by atoms with Gasteiger partial charge in [-0.2, -0.15) is 0 Å². The highest BCUT2D eigenvalue weighted by molar-refractivity contribution is 7.18. The second-order valence-corrected chi connectivity index (χ2v) is 8.46. The number of pyridine rings is 1. The molecule has 2 heterocycles. The largest absolute Gasteiger partial charge is 0.506 e. The molecule has 0 aliphatic heterocycles. The summed E-state index contributed by atoms with van der Waals surface area (Å²) in [5, 5.41) is 13.3. The van der Waals surface area contributed by atoms with E-state index in [1.807, 2.05) is 17.5 Å². The van der Waals surface area contributed by atoms with Crippen LogP contribution < -0.4 is 9.47 Å². The van der Waals surface area contributed by atoms with Crippen molar-refractivity contribution in [3.63, 3.8) is 0 Å². The molecule has 0 spiro atoms. The molecule has 33 heavy (non-hydrogen) atoms. The minimum absolute atomic E-state index is 0.0137. The Labute approximate surface area is 195 Å². The van der Waals surface area contributed by atoms with Gasteiger partial charge in [0.2, 0.25) is 0 Å². The van der Waals surface area contributed by atoms with E-state index in [0.29, 0.717) is 22.8 Å². The van der Waals surface area contributed by atoms with Crippen LogP contribution in [-0.4, -0.2) is 35.9 Å². The number of aromatic nitrogens is 1. The predicted molar refractivity (Wildman–Crippen MR) is 129 cm³/mol. The van der Waals surface area contributed by atoms with Gasteiger partial charge in [-0.3, -0.25) is 9.59 Å². The van der Waals surface area contributed by atoms with Gasteiger partial charge < -0.3 is 14.6 Å². The van der Waals surface area contributed by atoms with Crippen LogP contribution in [0.3, 0.4) is 0 Å². The van der Waals surface area contributed by atoms with Crippen molar-refractivity contribution < 1.29 is 24.2 Å². The lowest BCUT2D eigenvalue weighted by atomic mass is 10.0. The van der Waals surface area contributed by atoms with Crippen molar-refractivity contribution in [2.75, 3.05) is 14.2 Å². The zero-order valence-electron chi connectivity index (χ0n) is 18.5. The van der Waals surface area contributed by atoms with Crippen LogP contribution in [0.15, 0.2) is 53.9 Å². The number of thiophene rings is 1. The lowest BCUT2D eigenvalue weighted by molar-refractivity contribution is 0.0913. The van der Waals surface area contributed by atoms with E-state index in [4.69, 9.17) is 9.47 Å². The molecule has 4 aromatic rings. The maximum absolute atomic E-state index is 12.8. The Kier molecular flexibility index (Phi) is 6.42. The summed E-state index contributed by atoms with van der Waals surface area (Å²) in [6, 6.07) is 14.1. The third-order valence-corrected chi connectivity index (χ3v) is 6.63. The Morgan fingerprint density at radius 3 is 2.48 bits per heavy atom. The summed E-state index contributed by atoms with van der Waals surface area (Å²) in [5.74, 6) is 0.170. The standard InChI is InChI=1S/C26H23NO5S/c1-15-5-4-6-17-18(14-33-26(15)17)19-8-9-21(29)25(27-19)22(30)11-10-20(28)16-7-12-23(31-2)24(13-16)32-3/h4-9,12-14,29H,10-11H2,1-3H3. The number of ether oxygens (including phenoxy) is 2. The van der Waals surface area contributed by atoms with Gasteiger partial charge in [-0.25, -0.2) is 4.98 Å². The first kappa shape index (κ1) is 22.5. The predicted octanol–water partition coefficient (Wildman–Crippen LogP) is 5.84. The van der Waals surface area contributed by atoms with Crippen LogP contribution in [0.25, 0.3) is 21.3 Å². The highest BCUT2D eigenvalue weighted by Gasteiger charge is 2.19. The number of rotatable bonds is 8. The zero-order chi connectivity index (χ0) is 23.5. The second-order valence-electron chi connectivity index (χ2n) is 7.58. The minimum Gasteiger partial charge on any atom is -0.506 e.